The van der Waals surface area contributed by atoms with Crippen molar-refractivity contribution in [2.75, 3.05) is 0 Å². The zero-order valence-corrected chi connectivity index (χ0v) is 11.0. The molecule has 0 aromatic heterocycles. The predicted octanol–water partition coefficient (Wildman–Crippen LogP) is 4.69. The lowest BCUT2D eigenvalue weighted by atomic mass is 9.31. The molecule has 0 nitrogen and oxygen atoms in total. The van der Waals surface area contributed by atoms with Crippen LogP contribution in [0.5, 0.6) is 0 Å². The van der Waals surface area contributed by atoms with Gasteiger partial charge in [-0.1, -0.05) is 65.0 Å². The van der Waals surface area contributed by atoms with Crippen LogP contribution >= 0.6 is 0 Å². The summed E-state index contributed by atoms with van der Waals surface area (Å²) in [4.78, 5) is 0. The molecule has 0 aliphatic rings. The molecule has 0 saturated carbocycles. The van der Waals surface area contributed by atoms with Gasteiger partial charge in [0.15, 0.2) is 6.71 Å². The highest BCUT2D eigenvalue weighted by atomic mass is 14.1. The molecular formula is C13H27B. The highest BCUT2D eigenvalue weighted by Crippen LogP contribution is 2.32. The van der Waals surface area contributed by atoms with Crippen LogP contribution in [0.4, 0.5) is 0 Å². The number of hydrogen-bond donors (Lipinski definition) is 0. The molecule has 0 aromatic rings. The second-order valence-electron chi connectivity index (χ2n) is 5.31. The van der Waals surface area contributed by atoms with E-state index in [9.17, 15) is 0 Å². The molecule has 0 rings (SSSR count). The largest absolute Gasteiger partial charge is 0.172 e. The zero-order chi connectivity index (χ0) is 11.3. The van der Waals surface area contributed by atoms with Crippen LogP contribution in [0.15, 0.2) is 12.1 Å². The van der Waals surface area contributed by atoms with E-state index in [-0.39, 0.29) is 0 Å². The van der Waals surface area contributed by atoms with E-state index in [4.69, 9.17) is 0 Å². The molecule has 0 amide bonds. The summed E-state index contributed by atoms with van der Waals surface area (Å²) in [5.41, 5.74) is 0. The van der Waals surface area contributed by atoms with Gasteiger partial charge >= 0.3 is 0 Å². The lowest BCUT2D eigenvalue weighted by Gasteiger charge is -2.29. The van der Waals surface area contributed by atoms with Gasteiger partial charge in [-0.25, -0.2) is 0 Å². The van der Waals surface area contributed by atoms with E-state index < -0.39 is 0 Å². The molecule has 0 N–H and O–H groups in total. The van der Waals surface area contributed by atoms with Crippen LogP contribution in [0.1, 0.15) is 48.5 Å². The third-order valence-electron chi connectivity index (χ3n) is 3.73. The first kappa shape index (κ1) is 13.8. The van der Waals surface area contributed by atoms with Crippen molar-refractivity contribution in [2.45, 2.75) is 60.1 Å². The van der Waals surface area contributed by atoms with E-state index >= 15 is 0 Å². The molecule has 14 heavy (non-hydrogen) atoms. The van der Waals surface area contributed by atoms with Gasteiger partial charge in [0.05, 0.1) is 0 Å². The quantitative estimate of drug-likeness (QED) is 0.557. The molecule has 0 aliphatic carbocycles. The SMILES string of the molecule is C/C=C/B(C(C)C(C)C)C(C)C(C)C. The minimum atomic E-state index is 0.736. The van der Waals surface area contributed by atoms with E-state index in [1.54, 1.807) is 0 Å². The van der Waals surface area contributed by atoms with Gasteiger partial charge in [-0.2, -0.15) is 0 Å². The van der Waals surface area contributed by atoms with Crippen molar-refractivity contribution in [2.24, 2.45) is 11.8 Å². The van der Waals surface area contributed by atoms with Crippen LogP contribution in [0.2, 0.25) is 11.6 Å². The van der Waals surface area contributed by atoms with Crippen LogP contribution in [0.25, 0.3) is 0 Å². The Balaban J connectivity index is 4.58. The summed E-state index contributed by atoms with van der Waals surface area (Å²) >= 11 is 0. The fourth-order valence-electron chi connectivity index (χ4n) is 1.94. The average Bonchev–Trinajstić information content (AvgIpc) is 2.11. The Kier molecular flexibility index (Phi) is 6.23. The second-order valence-corrected chi connectivity index (χ2v) is 5.31. The Labute approximate surface area is 91.3 Å². The summed E-state index contributed by atoms with van der Waals surface area (Å²) in [5, 5.41) is 0. The standard InChI is InChI=1S/C13H27B/c1-8-9-14(12(6)10(2)3)13(7)11(4)5/h8-13H,1-7H3/b9-8+. The summed E-state index contributed by atoms with van der Waals surface area (Å²) in [6.07, 6.45) is 2.21. The number of hydrogen-bond acceptors (Lipinski definition) is 0. The van der Waals surface area contributed by atoms with Crippen LogP contribution in [0, 0.1) is 11.8 Å². The maximum Gasteiger partial charge on any atom is 0.172 e. The number of rotatable bonds is 5. The van der Waals surface area contributed by atoms with Crippen LogP contribution in [-0.2, 0) is 0 Å². The summed E-state index contributed by atoms with van der Waals surface area (Å²) < 4.78 is 0. The normalized spacial score (nSPS) is 16.6. The Morgan fingerprint density at radius 1 is 0.786 bits per heavy atom. The van der Waals surface area contributed by atoms with Gasteiger partial charge < -0.3 is 0 Å². The first-order chi connectivity index (χ1) is 6.41. The van der Waals surface area contributed by atoms with E-state index in [1.807, 2.05) is 0 Å². The smallest absolute Gasteiger partial charge is 0.119 e. The second kappa shape index (κ2) is 6.32. The van der Waals surface area contributed by atoms with Gasteiger partial charge in [0, 0.05) is 0 Å². The molecule has 82 valence electrons. The molecule has 0 heterocycles. The minimum absolute atomic E-state index is 0.736. The molecule has 0 fully saturated rings. The molecule has 0 saturated heterocycles. The van der Waals surface area contributed by atoms with Crippen molar-refractivity contribution >= 4 is 6.71 Å². The van der Waals surface area contributed by atoms with E-state index in [2.05, 4.69) is 60.5 Å². The van der Waals surface area contributed by atoms with Crippen molar-refractivity contribution in [3.05, 3.63) is 12.1 Å². The molecule has 0 spiro atoms. The van der Waals surface area contributed by atoms with Crippen molar-refractivity contribution in [1.29, 1.82) is 0 Å². The van der Waals surface area contributed by atoms with E-state index in [1.165, 1.54) is 0 Å². The van der Waals surface area contributed by atoms with Gasteiger partial charge in [0.25, 0.3) is 0 Å². The van der Waals surface area contributed by atoms with Crippen molar-refractivity contribution in [1.82, 2.24) is 0 Å². The molecule has 0 bridgehead atoms. The summed E-state index contributed by atoms with van der Waals surface area (Å²) in [5.74, 6) is 5.51. The number of allylic oxidation sites excluding steroid dienone is 1. The van der Waals surface area contributed by atoms with Gasteiger partial charge in [-0.05, 0) is 6.92 Å². The van der Waals surface area contributed by atoms with Gasteiger partial charge in [0.1, 0.15) is 0 Å². The van der Waals surface area contributed by atoms with Crippen LogP contribution < -0.4 is 0 Å². The Hall–Kier alpha value is -0.195. The van der Waals surface area contributed by atoms with Gasteiger partial charge in [0.2, 0.25) is 0 Å². The Morgan fingerprint density at radius 2 is 1.14 bits per heavy atom. The van der Waals surface area contributed by atoms with Gasteiger partial charge in [-0.15, -0.1) is 12.1 Å². The van der Waals surface area contributed by atoms with Gasteiger partial charge in [-0.3, -0.25) is 0 Å². The first-order valence-corrected chi connectivity index (χ1v) is 6.04. The predicted molar refractivity (Wildman–Crippen MR) is 69.1 cm³/mol. The van der Waals surface area contributed by atoms with Crippen LogP contribution in [-0.4, -0.2) is 6.71 Å². The third-order valence-corrected chi connectivity index (χ3v) is 3.73. The lowest BCUT2D eigenvalue weighted by molar-refractivity contribution is 0.566. The fourth-order valence-corrected chi connectivity index (χ4v) is 1.94. The van der Waals surface area contributed by atoms with Crippen LogP contribution in [0.3, 0.4) is 0 Å². The maximum absolute atomic E-state index is 2.40. The molecule has 1 heteroatoms. The summed E-state index contributed by atoms with van der Waals surface area (Å²) in [7, 11) is 0. The Bertz CT molecular complexity index is 156. The van der Waals surface area contributed by atoms with E-state index in [0.29, 0.717) is 0 Å². The molecule has 2 unspecified atom stereocenters. The topological polar surface area (TPSA) is 0 Å². The average molecular weight is 194 g/mol. The summed E-state index contributed by atoms with van der Waals surface area (Å²) in [6, 6.07) is 0. The monoisotopic (exact) mass is 194 g/mol. The minimum Gasteiger partial charge on any atom is -0.119 e. The molecule has 0 radical (unpaired) electrons. The van der Waals surface area contributed by atoms with E-state index in [0.717, 1.165) is 30.2 Å². The van der Waals surface area contributed by atoms with Crippen molar-refractivity contribution < 1.29 is 0 Å². The summed E-state index contributed by atoms with van der Waals surface area (Å²) in [6.45, 7) is 16.9. The highest BCUT2D eigenvalue weighted by molar-refractivity contribution is 6.67. The maximum atomic E-state index is 2.40. The molecule has 0 aromatic carbocycles. The molecule has 0 aliphatic heterocycles. The van der Waals surface area contributed by atoms with Crippen molar-refractivity contribution in [3.8, 4) is 0 Å². The lowest BCUT2D eigenvalue weighted by Crippen LogP contribution is -2.28. The first-order valence-electron chi connectivity index (χ1n) is 6.04. The highest BCUT2D eigenvalue weighted by Gasteiger charge is 2.28. The Morgan fingerprint density at radius 3 is 1.36 bits per heavy atom. The van der Waals surface area contributed by atoms with Crippen molar-refractivity contribution in [3.63, 3.8) is 0 Å². The molecule has 2 atom stereocenters. The zero-order valence-electron chi connectivity index (χ0n) is 11.0. The molecular weight excluding hydrogens is 167 g/mol. The fraction of sp³-hybridized carbons (Fsp3) is 0.846. The third kappa shape index (κ3) is 3.90.